The molecule has 0 fully saturated rings. The van der Waals surface area contributed by atoms with Gasteiger partial charge in [-0.05, 0) is 13.3 Å². The van der Waals surface area contributed by atoms with Gasteiger partial charge < -0.3 is 4.74 Å². The summed E-state index contributed by atoms with van der Waals surface area (Å²) < 4.78 is 4.64. The fourth-order valence-electron chi connectivity index (χ4n) is 0.525. The number of hydrogen-bond acceptors (Lipinski definition) is 2. The number of hydrogen-bond donors (Lipinski definition) is 0. The van der Waals surface area contributed by atoms with Crippen LogP contribution in [0.2, 0.25) is 5.82 Å². The first-order chi connectivity index (χ1) is 4.72. The largest absolute Gasteiger partial charge is 0.466 e. The number of carbonyl (C=O) groups excluding carboxylic acids is 1. The lowest BCUT2D eigenvalue weighted by molar-refractivity contribution is -0.142. The van der Waals surface area contributed by atoms with Gasteiger partial charge in [0.1, 0.15) is 0 Å². The Kier molecular flexibility index (Phi) is 4.72. The number of esters is 1. The summed E-state index contributed by atoms with van der Waals surface area (Å²) in [5.41, 5.74) is 0. The molecule has 0 aromatic rings. The first-order valence-electron chi connectivity index (χ1n) is 3.25. The number of carbonyl (C=O) groups is 1. The van der Waals surface area contributed by atoms with E-state index in [-0.39, 0.29) is 5.97 Å². The third-order valence-corrected chi connectivity index (χ3v) is 1.01. The summed E-state index contributed by atoms with van der Waals surface area (Å²) in [5, 5.41) is 0. The van der Waals surface area contributed by atoms with Crippen LogP contribution in [0.15, 0.2) is 12.7 Å². The quantitative estimate of drug-likeness (QED) is 0.330. The zero-order chi connectivity index (χ0) is 7.98. The van der Waals surface area contributed by atoms with Crippen molar-refractivity contribution in [2.75, 3.05) is 6.61 Å². The van der Waals surface area contributed by atoms with Crippen molar-refractivity contribution < 1.29 is 9.53 Å². The third kappa shape index (κ3) is 3.33. The van der Waals surface area contributed by atoms with Crippen LogP contribution in [-0.4, -0.2) is 20.4 Å². The van der Waals surface area contributed by atoms with E-state index in [1.165, 1.54) is 0 Å². The van der Waals surface area contributed by atoms with E-state index in [2.05, 4.69) is 11.3 Å². The molecule has 54 valence electrons. The smallest absolute Gasteiger partial charge is 0.300 e. The SMILES string of the molecule is [B]C(CC=C)C(=O)OCC. The van der Waals surface area contributed by atoms with E-state index in [9.17, 15) is 4.79 Å². The maximum absolute atomic E-state index is 10.7. The van der Waals surface area contributed by atoms with Gasteiger partial charge in [0.25, 0.3) is 5.97 Å². The molecule has 2 nitrogen and oxygen atoms in total. The summed E-state index contributed by atoms with van der Waals surface area (Å²) in [4.78, 5) is 10.7. The topological polar surface area (TPSA) is 26.3 Å². The van der Waals surface area contributed by atoms with Gasteiger partial charge in [-0.15, -0.1) is 6.58 Å². The van der Waals surface area contributed by atoms with E-state index < -0.39 is 5.82 Å². The molecule has 1 atom stereocenters. The highest BCUT2D eigenvalue weighted by Gasteiger charge is 2.10. The highest BCUT2D eigenvalue weighted by atomic mass is 16.5. The van der Waals surface area contributed by atoms with Crippen LogP contribution >= 0.6 is 0 Å². The molecular formula is C7H11BO2. The zero-order valence-electron chi connectivity index (χ0n) is 6.17. The van der Waals surface area contributed by atoms with E-state index in [1.54, 1.807) is 13.0 Å². The molecule has 0 bridgehead atoms. The predicted octanol–water partition coefficient (Wildman–Crippen LogP) is 1.08. The highest BCUT2D eigenvalue weighted by Crippen LogP contribution is 2.07. The number of ether oxygens (including phenoxy) is 1. The minimum Gasteiger partial charge on any atom is -0.466 e. The molecule has 0 heterocycles. The average Bonchev–Trinajstić information content (AvgIpc) is 1.89. The minimum atomic E-state index is -0.544. The molecule has 2 radical (unpaired) electrons. The summed E-state index contributed by atoms with van der Waals surface area (Å²) >= 11 is 0. The van der Waals surface area contributed by atoms with Crippen molar-refractivity contribution in [3.05, 3.63) is 12.7 Å². The molecule has 1 unspecified atom stereocenters. The first kappa shape index (κ1) is 9.27. The number of rotatable bonds is 4. The molecule has 0 amide bonds. The van der Waals surface area contributed by atoms with Crippen LogP contribution < -0.4 is 0 Å². The van der Waals surface area contributed by atoms with Crippen molar-refractivity contribution >= 4 is 13.8 Å². The van der Waals surface area contributed by atoms with Crippen molar-refractivity contribution in [2.24, 2.45) is 0 Å². The molecule has 0 rings (SSSR count). The van der Waals surface area contributed by atoms with Gasteiger partial charge in [0.05, 0.1) is 14.5 Å². The minimum absolute atomic E-state index is 0.359. The lowest BCUT2D eigenvalue weighted by Gasteiger charge is -2.06. The molecule has 10 heavy (non-hydrogen) atoms. The van der Waals surface area contributed by atoms with E-state index in [0.29, 0.717) is 13.0 Å². The fraction of sp³-hybridized carbons (Fsp3) is 0.571. The van der Waals surface area contributed by atoms with Gasteiger partial charge in [0.15, 0.2) is 0 Å². The van der Waals surface area contributed by atoms with Gasteiger partial charge in [0.2, 0.25) is 0 Å². The molecule has 0 saturated heterocycles. The van der Waals surface area contributed by atoms with Crippen LogP contribution in [0.1, 0.15) is 13.3 Å². The van der Waals surface area contributed by atoms with Crippen LogP contribution in [0.25, 0.3) is 0 Å². The standard InChI is InChI=1S/C7H11BO2/c1-3-5-6(8)7(9)10-4-2/h3,6H,1,4-5H2,2H3. The summed E-state index contributed by atoms with van der Waals surface area (Å²) in [6, 6.07) is 0. The Balaban J connectivity index is 3.58. The molecule has 0 aromatic carbocycles. The van der Waals surface area contributed by atoms with Crippen molar-refractivity contribution in [3.8, 4) is 0 Å². The Morgan fingerprint density at radius 1 is 1.90 bits per heavy atom. The monoisotopic (exact) mass is 138 g/mol. The van der Waals surface area contributed by atoms with Gasteiger partial charge in [-0.3, -0.25) is 4.79 Å². The molecule has 0 aliphatic heterocycles. The average molecular weight is 138 g/mol. The summed E-state index contributed by atoms with van der Waals surface area (Å²) in [5.74, 6) is -0.903. The van der Waals surface area contributed by atoms with E-state index in [0.717, 1.165) is 0 Å². The van der Waals surface area contributed by atoms with Gasteiger partial charge in [-0.25, -0.2) is 0 Å². The van der Waals surface area contributed by atoms with Crippen LogP contribution in [-0.2, 0) is 9.53 Å². The Labute approximate surface area is 62.7 Å². The Hall–Kier alpha value is -0.725. The maximum atomic E-state index is 10.7. The van der Waals surface area contributed by atoms with Crippen molar-refractivity contribution in [1.82, 2.24) is 0 Å². The fourth-order valence-corrected chi connectivity index (χ4v) is 0.525. The molecule has 0 aliphatic rings. The molecule has 3 heteroatoms. The maximum Gasteiger partial charge on any atom is 0.300 e. The second-order valence-electron chi connectivity index (χ2n) is 1.88. The summed E-state index contributed by atoms with van der Waals surface area (Å²) in [7, 11) is 5.37. The second kappa shape index (κ2) is 5.09. The van der Waals surface area contributed by atoms with Crippen LogP contribution in [0, 0.1) is 0 Å². The Morgan fingerprint density at radius 3 is 2.90 bits per heavy atom. The van der Waals surface area contributed by atoms with Crippen LogP contribution in [0.4, 0.5) is 0 Å². The van der Waals surface area contributed by atoms with E-state index in [1.807, 2.05) is 0 Å². The molecule has 0 N–H and O–H groups in total. The lowest BCUT2D eigenvalue weighted by atomic mass is 9.85. The molecule has 0 saturated carbocycles. The van der Waals surface area contributed by atoms with Crippen LogP contribution in [0.3, 0.4) is 0 Å². The molecule has 0 aromatic heterocycles. The Morgan fingerprint density at radius 2 is 2.50 bits per heavy atom. The summed E-state index contributed by atoms with van der Waals surface area (Å²) in [6.07, 6.45) is 2.07. The number of allylic oxidation sites excluding steroid dienone is 1. The highest BCUT2D eigenvalue weighted by molar-refractivity contribution is 6.22. The first-order valence-corrected chi connectivity index (χ1v) is 3.25. The van der Waals surface area contributed by atoms with Gasteiger partial charge >= 0.3 is 0 Å². The molecule has 0 aliphatic carbocycles. The van der Waals surface area contributed by atoms with Crippen molar-refractivity contribution in [3.63, 3.8) is 0 Å². The van der Waals surface area contributed by atoms with Crippen LogP contribution in [0.5, 0.6) is 0 Å². The van der Waals surface area contributed by atoms with Gasteiger partial charge in [-0.2, -0.15) is 0 Å². The third-order valence-electron chi connectivity index (χ3n) is 1.01. The van der Waals surface area contributed by atoms with E-state index >= 15 is 0 Å². The second-order valence-corrected chi connectivity index (χ2v) is 1.88. The van der Waals surface area contributed by atoms with Gasteiger partial charge in [-0.1, -0.05) is 6.08 Å². The zero-order valence-corrected chi connectivity index (χ0v) is 6.17. The lowest BCUT2D eigenvalue weighted by Crippen LogP contribution is -2.11. The van der Waals surface area contributed by atoms with Crippen molar-refractivity contribution in [1.29, 1.82) is 0 Å². The van der Waals surface area contributed by atoms with E-state index in [4.69, 9.17) is 7.85 Å². The summed E-state index contributed by atoms with van der Waals surface area (Å²) in [6.45, 7) is 5.58. The molecule has 0 spiro atoms. The van der Waals surface area contributed by atoms with Gasteiger partial charge in [0, 0.05) is 5.82 Å². The predicted molar refractivity (Wildman–Crippen MR) is 41.0 cm³/mol. The van der Waals surface area contributed by atoms with Crippen molar-refractivity contribution in [2.45, 2.75) is 19.2 Å². The molecular weight excluding hydrogens is 127 g/mol. The normalized spacial score (nSPS) is 12.1. The Bertz CT molecular complexity index is 123.